The fraction of sp³-hybridized carbons (Fsp3) is 0.667. The summed E-state index contributed by atoms with van der Waals surface area (Å²) >= 11 is 8.41. The van der Waals surface area contributed by atoms with Crippen LogP contribution in [0.3, 0.4) is 0 Å². The molecule has 0 N–H and O–H groups in total. The average molecular weight is 367 g/mol. The molecule has 17 heavy (non-hydrogen) atoms. The quantitative estimate of drug-likeness (QED) is 0.598. The molecule has 94 valence electrons. The van der Waals surface area contributed by atoms with Gasteiger partial charge in [0, 0.05) is 13.0 Å². The van der Waals surface area contributed by atoms with Crippen LogP contribution in [-0.4, -0.2) is 17.1 Å². The Hall–Kier alpha value is 0.0600. The number of nitrogens with zero attached hydrogens (tertiary/aromatic N) is 2. The second-order valence-corrected chi connectivity index (χ2v) is 6.18. The summed E-state index contributed by atoms with van der Waals surface area (Å²) < 4.78 is 6.46. The van der Waals surface area contributed by atoms with Crippen molar-refractivity contribution < 1.29 is 4.74 Å². The molecule has 1 fully saturated rings. The molecule has 0 aliphatic heterocycles. The minimum atomic E-state index is -0.0815. The molecule has 1 saturated carbocycles. The standard InChI is InChI=1S/C12H16ClIN2O/c1-6(2)10(17-3)12-15-9(7-4-5-7)8(14)11(13)16-12/h6-7,10H,4-5H2,1-3H3. The zero-order valence-corrected chi connectivity index (χ0v) is 13.1. The molecule has 0 saturated heterocycles. The van der Waals surface area contributed by atoms with Crippen LogP contribution in [0.15, 0.2) is 0 Å². The number of methoxy groups -OCH3 is 1. The Morgan fingerprint density at radius 1 is 1.35 bits per heavy atom. The van der Waals surface area contributed by atoms with E-state index in [9.17, 15) is 0 Å². The van der Waals surface area contributed by atoms with Gasteiger partial charge in [0.15, 0.2) is 5.82 Å². The molecule has 3 nitrogen and oxygen atoms in total. The molecule has 1 heterocycles. The summed E-state index contributed by atoms with van der Waals surface area (Å²) in [6.07, 6.45) is 2.34. The van der Waals surface area contributed by atoms with Crippen molar-refractivity contribution in [3.05, 3.63) is 20.2 Å². The van der Waals surface area contributed by atoms with E-state index in [1.54, 1.807) is 7.11 Å². The van der Waals surface area contributed by atoms with Gasteiger partial charge in [0.1, 0.15) is 11.3 Å². The van der Waals surface area contributed by atoms with E-state index in [-0.39, 0.29) is 6.10 Å². The average Bonchev–Trinajstić information content (AvgIpc) is 3.07. The van der Waals surface area contributed by atoms with Gasteiger partial charge in [0.2, 0.25) is 0 Å². The van der Waals surface area contributed by atoms with Gasteiger partial charge >= 0.3 is 0 Å². The fourth-order valence-electron chi connectivity index (χ4n) is 1.88. The van der Waals surface area contributed by atoms with Crippen LogP contribution in [0.4, 0.5) is 0 Å². The van der Waals surface area contributed by atoms with E-state index in [0.29, 0.717) is 17.0 Å². The number of aromatic nitrogens is 2. The van der Waals surface area contributed by atoms with Gasteiger partial charge in [-0.2, -0.15) is 0 Å². The summed E-state index contributed by atoms with van der Waals surface area (Å²) in [5.74, 6) is 1.63. The summed E-state index contributed by atoms with van der Waals surface area (Å²) in [6, 6.07) is 0. The van der Waals surface area contributed by atoms with E-state index < -0.39 is 0 Å². The topological polar surface area (TPSA) is 35.0 Å². The molecule has 0 spiro atoms. The maximum absolute atomic E-state index is 6.18. The molecule has 1 atom stereocenters. The van der Waals surface area contributed by atoms with Crippen molar-refractivity contribution in [2.45, 2.75) is 38.7 Å². The Bertz CT molecular complexity index is 421. The first-order valence-corrected chi connectivity index (χ1v) is 7.25. The van der Waals surface area contributed by atoms with Crippen LogP contribution in [0.25, 0.3) is 0 Å². The molecular formula is C12H16ClIN2O. The Morgan fingerprint density at radius 3 is 2.47 bits per heavy atom. The van der Waals surface area contributed by atoms with Crippen LogP contribution < -0.4 is 0 Å². The number of hydrogen-bond acceptors (Lipinski definition) is 3. The highest BCUT2D eigenvalue weighted by atomic mass is 127. The summed E-state index contributed by atoms with van der Waals surface area (Å²) in [5, 5.41) is 0.556. The molecule has 2 rings (SSSR count). The number of ether oxygens (including phenoxy) is 1. The zero-order valence-electron chi connectivity index (χ0n) is 10.2. The van der Waals surface area contributed by atoms with Crippen molar-refractivity contribution in [1.82, 2.24) is 9.97 Å². The predicted octanol–water partition coefficient (Wildman–Crippen LogP) is 3.96. The fourth-order valence-corrected chi connectivity index (χ4v) is 2.75. The molecule has 0 aromatic carbocycles. The summed E-state index contributed by atoms with van der Waals surface area (Å²) in [5.41, 5.74) is 1.10. The zero-order chi connectivity index (χ0) is 12.6. The van der Waals surface area contributed by atoms with Crippen molar-refractivity contribution >= 4 is 34.2 Å². The highest BCUT2D eigenvalue weighted by Crippen LogP contribution is 2.42. The Balaban J connectivity index is 2.40. The van der Waals surface area contributed by atoms with Gasteiger partial charge in [0.05, 0.1) is 9.26 Å². The Labute approximate surface area is 120 Å². The number of hydrogen-bond donors (Lipinski definition) is 0. The summed E-state index contributed by atoms with van der Waals surface area (Å²) in [6.45, 7) is 4.19. The van der Waals surface area contributed by atoms with Crippen LogP contribution >= 0.6 is 34.2 Å². The lowest BCUT2D eigenvalue weighted by molar-refractivity contribution is 0.0572. The van der Waals surface area contributed by atoms with Crippen LogP contribution in [0.1, 0.15) is 50.2 Å². The highest BCUT2D eigenvalue weighted by molar-refractivity contribution is 14.1. The molecule has 0 radical (unpaired) electrons. The van der Waals surface area contributed by atoms with Crippen LogP contribution in [0, 0.1) is 9.49 Å². The van der Waals surface area contributed by atoms with Crippen molar-refractivity contribution in [3.63, 3.8) is 0 Å². The molecule has 0 amide bonds. The van der Waals surface area contributed by atoms with Crippen molar-refractivity contribution in [2.75, 3.05) is 7.11 Å². The molecule has 1 unspecified atom stereocenters. The van der Waals surface area contributed by atoms with E-state index in [0.717, 1.165) is 15.1 Å². The Kier molecular flexibility index (Phi) is 4.26. The van der Waals surface area contributed by atoms with Crippen molar-refractivity contribution in [3.8, 4) is 0 Å². The normalized spacial score (nSPS) is 17.5. The third-order valence-corrected chi connectivity index (χ3v) is 4.59. The minimum absolute atomic E-state index is 0.0815. The van der Waals surface area contributed by atoms with Crippen molar-refractivity contribution in [1.29, 1.82) is 0 Å². The molecule has 1 aromatic heterocycles. The second-order valence-electron chi connectivity index (χ2n) is 4.75. The molecule has 1 aliphatic rings. The minimum Gasteiger partial charge on any atom is -0.373 e. The second kappa shape index (κ2) is 5.36. The van der Waals surface area contributed by atoms with Gasteiger partial charge in [-0.3, -0.25) is 0 Å². The highest BCUT2D eigenvalue weighted by Gasteiger charge is 2.30. The van der Waals surface area contributed by atoms with E-state index in [1.165, 1.54) is 12.8 Å². The van der Waals surface area contributed by atoms with Gasteiger partial charge in [0.25, 0.3) is 0 Å². The maximum atomic E-state index is 6.18. The molecule has 0 bridgehead atoms. The smallest absolute Gasteiger partial charge is 0.159 e. The largest absolute Gasteiger partial charge is 0.373 e. The summed E-state index contributed by atoms with van der Waals surface area (Å²) in [4.78, 5) is 9.02. The predicted molar refractivity (Wildman–Crippen MR) is 76.3 cm³/mol. The number of rotatable bonds is 4. The molecule has 5 heteroatoms. The van der Waals surface area contributed by atoms with E-state index in [4.69, 9.17) is 16.3 Å². The van der Waals surface area contributed by atoms with Gasteiger partial charge in [-0.15, -0.1) is 0 Å². The lowest BCUT2D eigenvalue weighted by Gasteiger charge is -2.19. The van der Waals surface area contributed by atoms with Gasteiger partial charge in [-0.25, -0.2) is 9.97 Å². The van der Waals surface area contributed by atoms with E-state index >= 15 is 0 Å². The maximum Gasteiger partial charge on any atom is 0.159 e. The van der Waals surface area contributed by atoms with E-state index in [2.05, 4.69) is 46.4 Å². The number of halogens is 2. The van der Waals surface area contributed by atoms with E-state index in [1.807, 2.05) is 0 Å². The van der Waals surface area contributed by atoms with Gasteiger partial charge in [-0.1, -0.05) is 25.4 Å². The van der Waals surface area contributed by atoms with Gasteiger partial charge in [-0.05, 0) is 41.4 Å². The lowest BCUT2D eigenvalue weighted by Crippen LogP contribution is -2.15. The SMILES string of the molecule is COC(c1nc(Cl)c(I)c(C2CC2)n1)C(C)C. The molecular weight excluding hydrogens is 351 g/mol. The van der Waals surface area contributed by atoms with Crippen LogP contribution in [0.5, 0.6) is 0 Å². The third kappa shape index (κ3) is 2.90. The summed E-state index contributed by atoms with van der Waals surface area (Å²) in [7, 11) is 1.69. The first-order valence-electron chi connectivity index (χ1n) is 5.80. The van der Waals surface area contributed by atoms with Crippen LogP contribution in [0.2, 0.25) is 5.15 Å². The monoisotopic (exact) mass is 366 g/mol. The van der Waals surface area contributed by atoms with Crippen LogP contribution in [-0.2, 0) is 4.74 Å². The molecule has 1 aromatic rings. The lowest BCUT2D eigenvalue weighted by atomic mass is 10.1. The van der Waals surface area contributed by atoms with Crippen molar-refractivity contribution in [2.24, 2.45) is 5.92 Å². The first-order chi connectivity index (χ1) is 8.04. The third-order valence-electron chi connectivity index (χ3n) is 2.93. The Morgan fingerprint density at radius 2 is 2.00 bits per heavy atom. The molecule has 1 aliphatic carbocycles. The van der Waals surface area contributed by atoms with Gasteiger partial charge < -0.3 is 4.74 Å². The first kappa shape index (κ1) is 13.5.